The smallest absolute Gasteiger partial charge is 0.0538 e. The van der Waals surface area contributed by atoms with Crippen molar-refractivity contribution < 1.29 is 0 Å². The molecule has 2 aromatic rings. The highest BCUT2D eigenvalue weighted by Crippen LogP contribution is 2.31. The Kier molecular flexibility index (Phi) is 5.04. The van der Waals surface area contributed by atoms with Crippen molar-refractivity contribution in [1.82, 2.24) is 14.7 Å². The number of aryl methyl sites for hydroxylation is 1. The second-order valence-corrected chi connectivity index (χ2v) is 6.08. The van der Waals surface area contributed by atoms with E-state index in [4.69, 9.17) is 17.3 Å². The van der Waals surface area contributed by atoms with E-state index in [0.29, 0.717) is 0 Å². The van der Waals surface area contributed by atoms with Crippen molar-refractivity contribution in [3.8, 4) is 0 Å². The van der Waals surface area contributed by atoms with Crippen LogP contribution in [0.2, 0.25) is 5.02 Å². The van der Waals surface area contributed by atoms with Gasteiger partial charge in [0.25, 0.3) is 0 Å². The minimum Gasteiger partial charge on any atom is -0.326 e. The molecule has 0 saturated heterocycles. The zero-order valence-corrected chi connectivity index (χ0v) is 13.7. The molecule has 0 spiro atoms. The maximum Gasteiger partial charge on any atom is 0.0538 e. The number of hydrogen-bond acceptors (Lipinski definition) is 3. The molecule has 5 heteroatoms. The summed E-state index contributed by atoms with van der Waals surface area (Å²) in [6, 6.07) is 8.28. The Labute approximate surface area is 131 Å². The molecular formula is C16H23ClN4. The van der Waals surface area contributed by atoms with E-state index in [2.05, 4.69) is 30.0 Å². The number of nitrogens with zero attached hydrogens (tertiary/aromatic N) is 3. The van der Waals surface area contributed by atoms with Gasteiger partial charge < -0.3 is 5.73 Å². The summed E-state index contributed by atoms with van der Waals surface area (Å²) in [5.74, 6) is 0. The molecule has 3 unspecified atom stereocenters. The van der Waals surface area contributed by atoms with Gasteiger partial charge in [-0.3, -0.25) is 9.58 Å². The van der Waals surface area contributed by atoms with Gasteiger partial charge in [-0.15, -0.1) is 0 Å². The summed E-state index contributed by atoms with van der Waals surface area (Å²) in [4.78, 5) is 2.27. The van der Waals surface area contributed by atoms with Crippen LogP contribution in [-0.4, -0.2) is 27.8 Å². The Hall–Kier alpha value is -1.36. The Bertz CT molecular complexity index is 593. The van der Waals surface area contributed by atoms with Gasteiger partial charge in [-0.1, -0.05) is 23.7 Å². The van der Waals surface area contributed by atoms with Crippen LogP contribution in [0.15, 0.2) is 36.7 Å². The third kappa shape index (κ3) is 3.64. The first kappa shape index (κ1) is 16.0. The van der Waals surface area contributed by atoms with Crippen LogP contribution < -0.4 is 5.73 Å². The highest BCUT2D eigenvalue weighted by molar-refractivity contribution is 6.30. The van der Waals surface area contributed by atoms with Crippen molar-refractivity contribution in [1.29, 1.82) is 0 Å². The summed E-state index contributed by atoms with van der Waals surface area (Å²) in [5, 5.41) is 5.02. The van der Waals surface area contributed by atoms with Gasteiger partial charge in [0.2, 0.25) is 0 Å². The third-order valence-corrected chi connectivity index (χ3v) is 4.18. The molecule has 114 valence electrons. The number of likely N-dealkylation sites (N-methyl/N-ethyl adjacent to an activating group) is 1. The first-order valence-corrected chi connectivity index (χ1v) is 7.49. The molecule has 0 bridgehead atoms. The normalized spacial score (nSPS) is 16.0. The molecule has 0 radical (unpaired) electrons. The first-order valence-electron chi connectivity index (χ1n) is 7.11. The van der Waals surface area contributed by atoms with E-state index < -0.39 is 0 Å². The number of halogens is 1. The van der Waals surface area contributed by atoms with Crippen molar-refractivity contribution in [2.75, 3.05) is 7.05 Å². The van der Waals surface area contributed by atoms with Gasteiger partial charge in [-0.2, -0.15) is 5.10 Å². The average Bonchev–Trinajstić information content (AvgIpc) is 2.83. The van der Waals surface area contributed by atoms with Gasteiger partial charge >= 0.3 is 0 Å². The zero-order chi connectivity index (χ0) is 15.6. The molecule has 21 heavy (non-hydrogen) atoms. The zero-order valence-electron chi connectivity index (χ0n) is 13.0. The molecule has 2 rings (SSSR count). The maximum atomic E-state index is 6.22. The molecule has 0 amide bonds. The lowest BCUT2D eigenvalue weighted by Gasteiger charge is -2.35. The first-order chi connectivity index (χ1) is 9.90. The SMILES string of the molecule is CC(N)C(c1cnn(C)c1)N(C)C(C)c1cccc(Cl)c1. The lowest BCUT2D eigenvalue weighted by atomic mass is 9.99. The quantitative estimate of drug-likeness (QED) is 0.923. The predicted octanol–water partition coefficient (Wildman–Crippen LogP) is 3.15. The van der Waals surface area contributed by atoms with Gasteiger partial charge in [0.15, 0.2) is 0 Å². The summed E-state index contributed by atoms with van der Waals surface area (Å²) < 4.78 is 1.81. The van der Waals surface area contributed by atoms with Crippen molar-refractivity contribution in [3.05, 3.63) is 52.8 Å². The summed E-state index contributed by atoms with van der Waals surface area (Å²) in [6.07, 6.45) is 3.91. The standard InChI is InChI=1S/C16H23ClN4/c1-11(18)16(14-9-19-20(3)10-14)21(4)12(2)13-6-5-7-15(17)8-13/h5-12,16H,18H2,1-4H3. The van der Waals surface area contributed by atoms with Gasteiger partial charge in [0.05, 0.1) is 12.2 Å². The molecule has 0 fully saturated rings. The molecule has 0 saturated carbocycles. The Balaban J connectivity index is 2.28. The minimum absolute atomic E-state index is 0.000772. The lowest BCUT2D eigenvalue weighted by molar-refractivity contribution is 0.165. The van der Waals surface area contributed by atoms with Crippen LogP contribution in [0.5, 0.6) is 0 Å². The predicted molar refractivity (Wildman–Crippen MR) is 87.2 cm³/mol. The molecule has 0 aliphatic heterocycles. The van der Waals surface area contributed by atoms with E-state index in [1.165, 1.54) is 5.56 Å². The van der Waals surface area contributed by atoms with Gasteiger partial charge in [-0.25, -0.2) is 0 Å². The number of nitrogens with two attached hydrogens (primary N) is 1. The molecule has 1 aromatic carbocycles. The number of benzene rings is 1. The van der Waals surface area contributed by atoms with Crippen LogP contribution in [-0.2, 0) is 7.05 Å². The number of rotatable bonds is 5. The molecule has 2 N–H and O–H groups in total. The Morgan fingerprint density at radius 3 is 2.52 bits per heavy atom. The number of hydrogen-bond donors (Lipinski definition) is 1. The van der Waals surface area contributed by atoms with Crippen LogP contribution in [0.4, 0.5) is 0 Å². The van der Waals surface area contributed by atoms with Crippen molar-refractivity contribution >= 4 is 11.6 Å². The van der Waals surface area contributed by atoms with E-state index >= 15 is 0 Å². The Morgan fingerprint density at radius 2 is 2.00 bits per heavy atom. The average molecular weight is 307 g/mol. The molecule has 4 nitrogen and oxygen atoms in total. The monoisotopic (exact) mass is 306 g/mol. The van der Waals surface area contributed by atoms with Crippen LogP contribution in [0.3, 0.4) is 0 Å². The second kappa shape index (κ2) is 6.60. The van der Waals surface area contributed by atoms with E-state index in [1.807, 2.05) is 49.2 Å². The molecule has 1 aromatic heterocycles. The van der Waals surface area contributed by atoms with E-state index in [9.17, 15) is 0 Å². The summed E-state index contributed by atoms with van der Waals surface area (Å²) >= 11 is 6.10. The lowest BCUT2D eigenvalue weighted by Crippen LogP contribution is -2.38. The molecule has 0 aliphatic rings. The molecule has 1 heterocycles. The number of aromatic nitrogens is 2. The third-order valence-electron chi connectivity index (χ3n) is 3.95. The van der Waals surface area contributed by atoms with Gasteiger partial charge in [0, 0.05) is 35.9 Å². The fourth-order valence-electron chi connectivity index (χ4n) is 2.74. The second-order valence-electron chi connectivity index (χ2n) is 5.65. The van der Waals surface area contributed by atoms with E-state index in [-0.39, 0.29) is 18.1 Å². The van der Waals surface area contributed by atoms with Gasteiger partial charge in [-0.05, 0) is 38.6 Å². The van der Waals surface area contributed by atoms with Crippen LogP contribution in [0.1, 0.15) is 37.1 Å². The summed E-state index contributed by atoms with van der Waals surface area (Å²) in [5.41, 5.74) is 8.53. The molecule has 0 aliphatic carbocycles. The van der Waals surface area contributed by atoms with Crippen LogP contribution in [0.25, 0.3) is 0 Å². The largest absolute Gasteiger partial charge is 0.326 e. The van der Waals surface area contributed by atoms with E-state index in [0.717, 1.165) is 10.6 Å². The van der Waals surface area contributed by atoms with Crippen LogP contribution in [0, 0.1) is 0 Å². The van der Waals surface area contributed by atoms with Gasteiger partial charge in [0.1, 0.15) is 0 Å². The van der Waals surface area contributed by atoms with Crippen LogP contribution >= 0.6 is 11.6 Å². The highest BCUT2D eigenvalue weighted by atomic mass is 35.5. The fourth-order valence-corrected chi connectivity index (χ4v) is 2.94. The van der Waals surface area contributed by atoms with Crippen molar-refractivity contribution in [2.24, 2.45) is 12.8 Å². The highest BCUT2D eigenvalue weighted by Gasteiger charge is 2.26. The Morgan fingerprint density at radius 1 is 1.29 bits per heavy atom. The van der Waals surface area contributed by atoms with Crippen molar-refractivity contribution in [3.63, 3.8) is 0 Å². The van der Waals surface area contributed by atoms with E-state index in [1.54, 1.807) is 0 Å². The molecule has 3 atom stereocenters. The molecular weight excluding hydrogens is 284 g/mol. The topological polar surface area (TPSA) is 47.1 Å². The fraction of sp³-hybridized carbons (Fsp3) is 0.438. The summed E-state index contributed by atoms with van der Waals surface area (Å²) in [7, 11) is 4.01. The van der Waals surface area contributed by atoms with Crippen molar-refractivity contribution in [2.45, 2.75) is 32.0 Å². The minimum atomic E-state index is 0.000772. The summed E-state index contributed by atoms with van der Waals surface area (Å²) in [6.45, 7) is 4.19. The maximum absolute atomic E-state index is 6.22.